The summed E-state index contributed by atoms with van der Waals surface area (Å²) in [5, 5.41) is 0.0100. The van der Waals surface area contributed by atoms with Crippen LogP contribution in [0, 0.1) is 0 Å². The van der Waals surface area contributed by atoms with E-state index in [0.717, 1.165) is 6.20 Å². The minimum Gasteiger partial charge on any atom is -0.466 e. The molecule has 0 aromatic carbocycles. The summed E-state index contributed by atoms with van der Waals surface area (Å²) in [6.07, 6.45) is -2.04. The van der Waals surface area contributed by atoms with Gasteiger partial charge >= 0.3 is 5.97 Å². The molecule has 17 heavy (non-hydrogen) atoms. The third kappa shape index (κ3) is 3.61. The molecule has 0 spiro atoms. The summed E-state index contributed by atoms with van der Waals surface area (Å²) in [4.78, 5) is 15.0. The molecule has 0 aliphatic carbocycles. The fourth-order valence-electron chi connectivity index (χ4n) is 1.24. The number of nitrogens with zero attached hydrogens (tertiary/aromatic N) is 1. The molecular formula is C10H9BrClF2NO2. The maximum absolute atomic E-state index is 12.7. The average Bonchev–Trinajstić information content (AvgIpc) is 2.25. The zero-order valence-electron chi connectivity index (χ0n) is 8.84. The summed E-state index contributed by atoms with van der Waals surface area (Å²) < 4.78 is 30.3. The highest BCUT2D eigenvalue weighted by molar-refractivity contribution is 9.10. The Morgan fingerprint density at radius 1 is 1.65 bits per heavy atom. The number of halogens is 4. The van der Waals surface area contributed by atoms with Crippen LogP contribution in [0.4, 0.5) is 8.78 Å². The van der Waals surface area contributed by atoms with Gasteiger partial charge in [-0.3, -0.25) is 4.79 Å². The molecule has 0 amide bonds. The highest BCUT2D eigenvalue weighted by Crippen LogP contribution is 2.32. The second-order valence-corrected chi connectivity index (χ2v) is 4.21. The monoisotopic (exact) mass is 327 g/mol. The average molecular weight is 329 g/mol. The number of aromatic nitrogens is 1. The van der Waals surface area contributed by atoms with Crippen LogP contribution in [0.3, 0.4) is 0 Å². The molecule has 0 saturated heterocycles. The van der Waals surface area contributed by atoms with Gasteiger partial charge in [0.1, 0.15) is 4.60 Å². The summed E-state index contributed by atoms with van der Waals surface area (Å²) >= 11 is 8.85. The van der Waals surface area contributed by atoms with Crippen molar-refractivity contribution in [2.75, 3.05) is 6.61 Å². The van der Waals surface area contributed by atoms with Crippen LogP contribution in [0.25, 0.3) is 0 Å². The number of carbonyl (C=O) groups excluding carboxylic acids is 1. The molecule has 0 saturated carbocycles. The van der Waals surface area contributed by atoms with Crippen molar-refractivity contribution in [3.8, 4) is 0 Å². The molecule has 0 aliphatic rings. The third-order valence-corrected chi connectivity index (χ3v) is 3.21. The molecule has 0 atom stereocenters. The molecule has 94 valence electrons. The van der Waals surface area contributed by atoms with Gasteiger partial charge in [-0.2, -0.15) is 0 Å². The summed E-state index contributed by atoms with van der Waals surface area (Å²) in [5.41, 5.74) is -0.312. The molecule has 0 N–H and O–H groups in total. The molecule has 0 bridgehead atoms. The normalized spacial score (nSPS) is 10.7. The molecule has 0 aliphatic heterocycles. The van der Waals surface area contributed by atoms with E-state index >= 15 is 0 Å². The predicted molar refractivity (Wildman–Crippen MR) is 62.2 cm³/mol. The van der Waals surface area contributed by atoms with Crippen molar-refractivity contribution in [1.82, 2.24) is 4.98 Å². The lowest BCUT2D eigenvalue weighted by molar-refractivity contribution is -0.142. The maximum Gasteiger partial charge on any atom is 0.310 e. The van der Waals surface area contributed by atoms with Gasteiger partial charge in [-0.1, -0.05) is 11.6 Å². The van der Waals surface area contributed by atoms with E-state index in [9.17, 15) is 13.6 Å². The first-order chi connectivity index (χ1) is 7.97. The Hall–Kier alpha value is -0.750. The lowest BCUT2D eigenvalue weighted by atomic mass is 10.1. The fraction of sp³-hybridized carbons (Fsp3) is 0.400. The summed E-state index contributed by atoms with van der Waals surface area (Å²) in [7, 11) is 0. The Morgan fingerprint density at radius 3 is 2.82 bits per heavy atom. The van der Waals surface area contributed by atoms with Crippen molar-refractivity contribution >= 4 is 33.5 Å². The number of carbonyl (C=O) groups is 1. The van der Waals surface area contributed by atoms with Gasteiger partial charge < -0.3 is 4.74 Å². The minimum atomic E-state index is -2.74. The lowest BCUT2D eigenvalue weighted by Gasteiger charge is -2.10. The number of hydrogen-bond donors (Lipinski definition) is 0. The SMILES string of the molecule is CCOC(=O)Cc1c(C(F)F)cnc(Br)c1Cl. The molecule has 1 heterocycles. The van der Waals surface area contributed by atoms with Gasteiger partial charge in [-0.15, -0.1) is 0 Å². The van der Waals surface area contributed by atoms with Crippen molar-refractivity contribution in [2.45, 2.75) is 19.8 Å². The van der Waals surface area contributed by atoms with E-state index < -0.39 is 12.4 Å². The van der Waals surface area contributed by atoms with Crippen molar-refractivity contribution in [3.63, 3.8) is 0 Å². The fourth-order valence-corrected chi connectivity index (χ4v) is 1.80. The van der Waals surface area contributed by atoms with Gasteiger partial charge in [0.15, 0.2) is 0 Å². The first-order valence-electron chi connectivity index (χ1n) is 4.73. The van der Waals surface area contributed by atoms with Crippen LogP contribution < -0.4 is 0 Å². The zero-order chi connectivity index (χ0) is 13.0. The molecular weight excluding hydrogens is 319 g/mol. The summed E-state index contributed by atoms with van der Waals surface area (Å²) in [6.45, 7) is 1.82. The molecule has 3 nitrogen and oxygen atoms in total. The lowest BCUT2D eigenvalue weighted by Crippen LogP contribution is -2.10. The first kappa shape index (κ1) is 14.3. The molecule has 0 radical (unpaired) electrons. The first-order valence-corrected chi connectivity index (χ1v) is 5.91. The summed E-state index contributed by atoms with van der Waals surface area (Å²) in [6, 6.07) is 0. The minimum absolute atomic E-state index is 0.0100. The van der Waals surface area contributed by atoms with Gasteiger partial charge in [-0.05, 0) is 28.4 Å². The van der Waals surface area contributed by atoms with Gasteiger partial charge in [0.05, 0.1) is 18.1 Å². The highest BCUT2D eigenvalue weighted by Gasteiger charge is 2.21. The van der Waals surface area contributed by atoms with Crippen molar-refractivity contribution < 1.29 is 18.3 Å². The molecule has 0 unspecified atom stereocenters. The maximum atomic E-state index is 12.7. The standard InChI is InChI=1S/C10H9BrClF2NO2/c1-2-17-7(16)3-5-6(10(13)14)4-15-9(11)8(5)12/h4,10H,2-3H2,1H3. The second kappa shape index (κ2) is 6.26. The van der Waals surface area contributed by atoms with Crippen LogP contribution in [0.1, 0.15) is 24.5 Å². The number of pyridine rings is 1. The largest absolute Gasteiger partial charge is 0.466 e. The van der Waals surface area contributed by atoms with Gasteiger partial charge in [-0.25, -0.2) is 13.8 Å². The van der Waals surface area contributed by atoms with Crippen LogP contribution in [-0.2, 0) is 16.0 Å². The van der Waals surface area contributed by atoms with E-state index in [-0.39, 0.29) is 33.8 Å². The third-order valence-electron chi connectivity index (χ3n) is 1.97. The molecule has 1 aromatic rings. The van der Waals surface area contributed by atoms with Crippen LogP contribution >= 0.6 is 27.5 Å². The smallest absolute Gasteiger partial charge is 0.310 e. The van der Waals surface area contributed by atoms with E-state index in [1.165, 1.54) is 0 Å². The number of hydrogen-bond acceptors (Lipinski definition) is 3. The van der Waals surface area contributed by atoms with Crippen molar-refractivity contribution in [2.24, 2.45) is 0 Å². The quantitative estimate of drug-likeness (QED) is 0.627. The number of ether oxygens (including phenoxy) is 1. The van der Waals surface area contributed by atoms with Crippen LogP contribution in [0.15, 0.2) is 10.8 Å². The van der Waals surface area contributed by atoms with E-state index in [2.05, 4.69) is 20.9 Å². The van der Waals surface area contributed by atoms with Gasteiger partial charge in [0, 0.05) is 11.8 Å². The Morgan fingerprint density at radius 2 is 2.29 bits per heavy atom. The Labute approximate surface area is 110 Å². The van der Waals surface area contributed by atoms with E-state index in [0.29, 0.717) is 0 Å². The van der Waals surface area contributed by atoms with Gasteiger partial charge in [0.25, 0.3) is 6.43 Å². The Bertz CT molecular complexity index is 429. The predicted octanol–water partition coefficient (Wildman–Crippen LogP) is 3.54. The molecule has 1 aromatic heterocycles. The number of rotatable bonds is 4. The van der Waals surface area contributed by atoms with Crippen LogP contribution in [0.2, 0.25) is 5.02 Å². The Balaban J connectivity index is 3.10. The van der Waals surface area contributed by atoms with Gasteiger partial charge in [0.2, 0.25) is 0 Å². The van der Waals surface area contributed by atoms with Crippen molar-refractivity contribution in [3.05, 3.63) is 26.9 Å². The number of alkyl halides is 2. The van der Waals surface area contributed by atoms with Crippen molar-refractivity contribution in [1.29, 1.82) is 0 Å². The molecule has 1 rings (SSSR count). The second-order valence-electron chi connectivity index (χ2n) is 3.08. The summed E-state index contributed by atoms with van der Waals surface area (Å²) in [5.74, 6) is -0.602. The molecule has 7 heteroatoms. The highest BCUT2D eigenvalue weighted by atomic mass is 79.9. The number of esters is 1. The van der Waals surface area contributed by atoms with Crippen LogP contribution in [0.5, 0.6) is 0 Å². The molecule has 0 fully saturated rings. The van der Waals surface area contributed by atoms with E-state index in [4.69, 9.17) is 16.3 Å². The van der Waals surface area contributed by atoms with Crippen LogP contribution in [-0.4, -0.2) is 17.6 Å². The Kier molecular flexibility index (Phi) is 5.27. The topological polar surface area (TPSA) is 39.2 Å². The van der Waals surface area contributed by atoms with E-state index in [1.807, 2.05) is 0 Å². The van der Waals surface area contributed by atoms with E-state index in [1.54, 1.807) is 6.92 Å². The zero-order valence-corrected chi connectivity index (χ0v) is 11.2.